The molecule has 1 aliphatic heterocycles. The second-order valence-electron chi connectivity index (χ2n) is 9.37. The molecule has 0 saturated carbocycles. The normalized spacial score (nSPS) is 19.2. The van der Waals surface area contributed by atoms with Crippen molar-refractivity contribution in [2.24, 2.45) is 17.0 Å². The van der Waals surface area contributed by atoms with Gasteiger partial charge < -0.3 is 10.2 Å². The van der Waals surface area contributed by atoms with Crippen LogP contribution in [0.5, 0.6) is 0 Å². The Morgan fingerprint density at radius 2 is 1.97 bits per heavy atom. The molecule has 0 atom stereocenters. The molecule has 1 aromatic heterocycles. The molecule has 1 N–H and O–H groups in total. The summed E-state index contributed by atoms with van der Waals surface area (Å²) >= 11 is 0. The zero-order valence-electron chi connectivity index (χ0n) is 20.5. The number of quaternary nitrogens is 1. The smallest absolute Gasteiger partial charge is 0.271 e. The van der Waals surface area contributed by atoms with Crippen LogP contribution < -0.4 is 9.80 Å². The molecular formula is C25H31F3N7+. The van der Waals surface area contributed by atoms with Crippen LogP contribution in [0.15, 0.2) is 63.1 Å². The lowest BCUT2D eigenvalue weighted by molar-refractivity contribution is 0.0646. The zero-order valence-corrected chi connectivity index (χ0v) is 20.5. The van der Waals surface area contributed by atoms with E-state index in [1.807, 2.05) is 6.08 Å². The summed E-state index contributed by atoms with van der Waals surface area (Å²) < 4.78 is 46.5. The van der Waals surface area contributed by atoms with Crippen LogP contribution in [0.1, 0.15) is 13.3 Å². The molecule has 1 fully saturated rings. The van der Waals surface area contributed by atoms with Gasteiger partial charge in [0.2, 0.25) is 5.82 Å². The van der Waals surface area contributed by atoms with Gasteiger partial charge in [-0.05, 0) is 12.8 Å². The average Bonchev–Trinajstić information content (AvgIpc) is 3.20. The fraction of sp³-hybridized carbons (Fsp3) is 0.400. The molecule has 35 heavy (non-hydrogen) atoms. The molecule has 2 aromatic rings. The first-order valence-corrected chi connectivity index (χ1v) is 11.5. The molecular weight excluding hydrogens is 455 g/mol. The first-order chi connectivity index (χ1) is 16.5. The van der Waals surface area contributed by atoms with Crippen molar-refractivity contribution in [2.75, 3.05) is 40.3 Å². The number of aryl methyl sites for hydroxylation is 1. The van der Waals surface area contributed by atoms with Gasteiger partial charge in [0, 0.05) is 87.1 Å². The number of rotatable bonds is 6. The third kappa shape index (κ3) is 4.94. The Hall–Kier alpha value is -3.24. The molecule has 1 saturated heterocycles. The highest BCUT2D eigenvalue weighted by Crippen LogP contribution is 2.41. The summed E-state index contributed by atoms with van der Waals surface area (Å²) in [6.07, 6.45) is 6.74. The minimum Gasteiger partial charge on any atom is -0.369 e. The third-order valence-electron chi connectivity index (χ3n) is 6.46. The van der Waals surface area contributed by atoms with Crippen molar-refractivity contribution >= 4 is 29.6 Å². The largest absolute Gasteiger partial charge is 0.369 e. The summed E-state index contributed by atoms with van der Waals surface area (Å²) in [5.41, 5.74) is 1.86. The van der Waals surface area contributed by atoms with Crippen molar-refractivity contribution < 1.29 is 13.2 Å². The second-order valence-corrected chi connectivity index (χ2v) is 9.37. The van der Waals surface area contributed by atoms with Crippen LogP contribution in [0.2, 0.25) is 0 Å². The maximum Gasteiger partial charge on any atom is 0.271 e. The van der Waals surface area contributed by atoms with Crippen molar-refractivity contribution in [1.29, 1.82) is 0 Å². The minimum atomic E-state index is -3.11. The van der Waals surface area contributed by atoms with E-state index in [0.29, 0.717) is 22.5 Å². The summed E-state index contributed by atoms with van der Waals surface area (Å²) in [5.74, 6) is -3.26. The number of allylic oxidation sites excluding steroid dienone is 4. The summed E-state index contributed by atoms with van der Waals surface area (Å²) in [6, 6.07) is 3.19. The van der Waals surface area contributed by atoms with Crippen molar-refractivity contribution in [2.45, 2.75) is 19.3 Å². The van der Waals surface area contributed by atoms with Crippen LogP contribution in [-0.2, 0) is 7.05 Å². The van der Waals surface area contributed by atoms with Gasteiger partial charge in [0.05, 0.1) is 14.1 Å². The number of nitrogens with zero attached hydrogens (tertiary/aromatic N) is 6. The number of nitrogens with one attached hydrogen (secondary N) is 1. The van der Waals surface area contributed by atoms with Crippen molar-refractivity contribution in [1.82, 2.24) is 24.5 Å². The van der Waals surface area contributed by atoms with E-state index in [1.54, 1.807) is 44.2 Å². The Morgan fingerprint density at radius 1 is 1.26 bits per heavy atom. The molecule has 1 aromatic carbocycles. The molecule has 186 valence electrons. The first kappa shape index (κ1) is 24.9. The Labute approximate surface area is 203 Å². The lowest BCUT2D eigenvalue weighted by atomic mass is 9.91. The standard InChI is InChI=1S/C25H31F3N7/c1-25(27,28)21-13-18(34-10-8-30-9-11-34)6-7-20(21)24(31-16-29-2)35(4,5)19-12-17-15-33(3)32-23(17)22(26)14-19/h6,12-16,30H,2,7-11H2,1,3-5H3/q+1/b24-20-,31-16-. The van der Waals surface area contributed by atoms with E-state index in [9.17, 15) is 4.39 Å². The molecule has 2 aliphatic rings. The van der Waals surface area contributed by atoms with E-state index in [-0.39, 0.29) is 22.0 Å². The number of alkyl halides is 2. The monoisotopic (exact) mass is 486 g/mol. The third-order valence-corrected chi connectivity index (χ3v) is 6.46. The molecule has 0 spiro atoms. The van der Waals surface area contributed by atoms with E-state index in [0.717, 1.165) is 38.8 Å². The fourth-order valence-corrected chi connectivity index (χ4v) is 4.65. The van der Waals surface area contributed by atoms with Gasteiger partial charge in [-0.3, -0.25) is 9.67 Å². The van der Waals surface area contributed by atoms with Crippen LogP contribution in [0.25, 0.3) is 10.9 Å². The highest BCUT2D eigenvalue weighted by atomic mass is 19.3. The van der Waals surface area contributed by atoms with Crippen LogP contribution in [-0.4, -0.2) is 73.9 Å². The SMILES string of the molecule is C=N/C=N\C(=C1/CC=C(N2CCNCC2)C=C1C(C)(F)F)[N+](C)(C)c1cc(F)c2nn(C)cc2c1. The topological polar surface area (TPSA) is 57.8 Å². The van der Waals surface area contributed by atoms with E-state index in [2.05, 4.69) is 32.0 Å². The molecule has 2 heterocycles. The molecule has 7 nitrogen and oxygen atoms in total. The van der Waals surface area contributed by atoms with Crippen LogP contribution in [0.4, 0.5) is 18.9 Å². The van der Waals surface area contributed by atoms with Crippen molar-refractivity contribution in [3.05, 3.63) is 59.0 Å². The number of fused-ring (bicyclic) bond motifs is 1. The molecule has 1 aliphatic carbocycles. The van der Waals surface area contributed by atoms with Gasteiger partial charge in [-0.15, -0.1) is 0 Å². The molecule has 10 heteroatoms. The molecule has 0 radical (unpaired) electrons. The van der Waals surface area contributed by atoms with Gasteiger partial charge in [-0.1, -0.05) is 6.08 Å². The number of aromatic nitrogens is 2. The number of piperazine rings is 1. The first-order valence-electron chi connectivity index (χ1n) is 11.5. The van der Waals surface area contributed by atoms with Gasteiger partial charge in [0.15, 0.2) is 5.82 Å². The van der Waals surface area contributed by atoms with Gasteiger partial charge in [0.25, 0.3) is 5.92 Å². The maximum atomic E-state index is 15.0. The number of hydrogen-bond donors (Lipinski definition) is 1. The molecule has 0 unspecified atom stereocenters. The number of halogens is 3. The summed E-state index contributed by atoms with van der Waals surface area (Å²) in [4.78, 5) is 10.3. The Kier molecular flexibility index (Phi) is 6.70. The Balaban J connectivity index is 1.87. The average molecular weight is 487 g/mol. The van der Waals surface area contributed by atoms with Gasteiger partial charge in [-0.25, -0.2) is 17.7 Å². The summed E-state index contributed by atoms with van der Waals surface area (Å²) in [7, 11) is 5.30. The maximum absolute atomic E-state index is 15.0. The lowest BCUT2D eigenvalue weighted by Crippen LogP contribution is -2.43. The predicted octanol–water partition coefficient (Wildman–Crippen LogP) is 3.99. The van der Waals surface area contributed by atoms with Gasteiger partial charge >= 0.3 is 0 Å². The van der Waals surface area contributed by atoms with Crippen LogP contribution in [0.3, 0.4) is 0 Å². The van der Waals surface area contributed by atoms with E-state index >= 15 is 8.78 Å². The summed E-state index contributed by atoms with van der Waals surface area (Å²) in [6.45, 7) is 7.45. The lowest BCUT2D eigenvalue weighted by Gasteiger charge is -2.35. The van der Waals surface area contributed by atoms with Crippen LogP contribution >= 0.6 is 0 Å². The van der Waals surface area contributed by atoms with Crippen LogP contribution in [0, 0.1) is 5.82 Å². The van der Waals surface area contributed by atoms with Crippen molar-refractivity contribution in [3.8, 4) is 0 Å². The Morgan fingerprint density at radius 3 is 2.63 bits per heavy atom. The fourth-order valence-electron chi connectivity index (χ4n) is 4.65. The number of hydrogen-bond acceptors (Lipinski definition) is 4. The van der Waals surface area contributed by atoms with E-state index < -0.39 is 11.7 Å². The molecule has 4 rings (SSSR count). The molecule has 0 amide bonds. The van der Waals surface area contributed by atoms with Gasteiger partial charge in [0.1, 0.15) is 17.5 Å². The van der Waals surface area contributed by atoms with E-state index in [4.69, 9.17) is 0 Å². The van der Waals surface area contributed by atoms with E-state index in [1.165, 1.54) is 12.4 Å². The molecule has 0 bridgehead atoms. The minimum absolute atomic E-state index is 0.0761. The number of aliphatic imine (C=N–C) groups is 2. The predicted molar refractivity (Wildman–Crippen MR) is 135 cm³/mol. The quantitative estimate of drug-likeness (QED) is 0.382. The second kappa shape index (κ2) is 9.43. The highest BCUT2D eigenvalue weighted by molar-refractivity contribution is 5.83. The van der Waals surface area contributed by atoms with Gasteiger partial charge in [-0.2, -0.15) is 10.1 Å². The van der Waals surface area contributed by atoms with Crippen molar-refractivity contribution in [3.63, 3.8) is 0 Å². The summed E-state index contributed by atoms with van der Waals surface area (Å²) in [5, 5.41) is 8.06. The highest BCUT2D eigenvalue weighted by Gasteiger charge is 2.39. The zero-order chi connectivity index (χ0) is 25.4. The number of benzene rings is 1. The Bertz CT molecular complexity index is 1260.